The molecule has 10 rings (SSSR count). The van der Waals surface area contributed by atoms with Crippen molar-refractivity contribution in [3.05, 3.63) is 152 Å². The van der Waals surface area contributed by atoms with Crippen LogP contribution in [0.5, 0.6) is 34.5 Å². The van der Waals surface area contributed by atoms with Crippen LogP contribution in [-0.4, -0.2) is 39.0 Å². The molecule has 0 saturated heterocycles. The van der Waals surface area contributed by atoms with E-state index in [1.54, 1.807) is 22.7 Å². The average Bonchev–Trinajstić information content (AvgIpc) is 1.52. The van der Waals surface area contributed by atoms with Crippen molar-refractivity contribution in [2.45, 2.75) is 193 Å². The van der Waals surface area contributed by atoms with Gasteiger partial charge < -0.3 is 28.4 Å². The molecule has 0 bridgehead atoms. The maximum absolute atomic E-state index is 12.9. The molecule has 0 aliphatic carbocycles. The Morgan fingerprint density at radius 1 is 0.337 bits per heavy atom. The van der Waals surface area contributed by atoms with Gasteiger partial charge in [-0.2, -0.15) is 0 Å². The van der Waals surface area contributed by atoms with E-state index < -0.39 is 11.2 Å². The van der Waals surface area contributed by atoms with Crippen LogP contribution in [0, 0.1) is 0 Å². The first-order valence-electron chi connectivity index (χ1n) is 32.5. The third-order valence-corrected chi connectivity index (χ3v) is 21.9. The number of benzene rings is 4. The molecule has 4 aromatic carbocycles. The number of hydrogen-bond donors (Lipinski definition) is 0. The number of carbonyl (C=O) groups excluding carboxylic acids is 2. The van der Waals surface area contributed by atoms with E-state index in [9.17, 15) is 9.59 Å². The van der Waals surface area contributed by atoms with Gasteiger partial charge in [-0.15, -0.1) is 45.3 Å². The molecular formula is C74H88O8S4. The molecule has 6 heterocycles. The first-order valence-corrected chi connectivity index (χ1v) is 35.8. The molecule has 4 aromatic heterocycles. The van der Waals surface area contributed by atoms with Gasteiger partial charge in [-0.05, 0) is 74.2 Å². The quantitative estimate of drug-likeness (QED) is 0.0279. The van der Waals surface area contributed by atoms with Crippen molar-refractivity contribution in [3.63, 3.8) is 0 Å². The van der Waals surface area contributed by atoms with E-state index in [2.05, 4.69) is 125 Å². The van der Waals surface area contributed by atoms with E-state index in [1.807, 2.05) is 12.1 Å². The molecule has 456 valence electrons. The van der Waals surface area contributed by atoms with Gasteiger partial charge in [0.1, 0.15) is 34.5 Å². The summed E-state index contributed by atoms with van der Waals surface area (Å²) in [4.78, 5) is 30.9. The van der Waals surface area contributed by atoms with Crippen LogP contribution in [0.3, 0.4) is 0 Å². The highest BCUT2D eigenvalue weighted by molar-refractivity contribution is 7.34. The zero-order valence-corrected chi connectivity index (χ0v) is 54.5. The van der Waals surface area contributed by atoms with Crippen molar-refractivity contribution >= 4 is 67.3 Å². The SMILES string of the molecule is CCCCCCCCOc1ccc(C2(c3ccc(OCCCCCCCC)cc3)Oc3cc(C=O)sc3-c3sc4c5c(sc4c32)-c2sc(C=O)cc2OC5(c2ccc(OCCCCCCCC)cc2)c2ccc(OCCCCCCCC)cc2)cc1. The predicted molar refractivity (Wildman–Crippen MR) is 359 cm³/mol. The Bertz CT molecular complexity index is 3030. The molecule has 0 radical (unpaired) electrons. The third kappa shape index (κ3) is 14.3. The normalized spacial score (nSPS) is 13.5. The summed E-state index contributed by atoms with van der Waals surface area (Å²) in [5.74, 6) is 4.55. The fourth-order valence-corrected chi connectivity index (χ4v) is 17.4. The summed E-state index contributed by atoms with van der Waals surface area (Å²) in [6, 6.07) is 37.7. The van der Waals surface area contributed by atoms with E-state index in [0.29, 0.717) is 47.7 Å². The summed E-state index contributed by atoms with van der Waals surface area (Å²) in [7, 11) is 0. The Morgan fingerprint density at radius 2 is 0.593 bits per heavy atom. The van der Waals surface area contributed by atoms with Gasteiger partial charge in [0.25, 0.3) is 0 Å². The fourth-order valence-electron chi connectivity index (χ4n) is 12.3. The van der Waals surface area contributed by atoms with Crippen LogP contribution in [0.1, 0.15) is 235 Å². The molecule has 2 aliphatic heterocycles. The summed E-state index contributed by atoms with van der Waals surface area (Å²) in [5, 5.41) is 0. The van der Waals surface area contributed by atoms with E-state index in [4.69, 9.17) is 28.4 Å². The van der Waals surface area contributed by atoms with Crippen molar-refractivity contribution in [2.75, 3.05) is 26.4 Å². The van der Waals surface area contributed by atoms with Gasteiger partial charge in [0, 0.05) is 45.5 Å². The monoisotopic (exact) mass is 1230 g/mol. The van der Waals surface area contributed by atoms with Gasteiger partial charge in [-0.25, -0.2) is 0 Å². The van der Waals surface area contributed by atoms with Crippen LogP contribution in [-0.2, 0) is 11.2 Å². The molecule has 0 amide bonds. The topological polar surface area (TPSA) is 89.5 Å². The summed E-state index contributed by atoms with van der Waals surface area (Å²) in [5.41, 5.74) is 3.31. The molecule has 86 heavy (non-hydrogen) atoms. The number of rotatable bonds is 38. The largest absolute Gasteiger partial charge is 0.494 e. The molecule has 0 spiro atoms. The Kier molecular flexibility index (Phi) is 23.0. The lowest BCUT2D eigenvalue weighted by atomic mass is 9.77. The van der Waals surface area contributed by atoms with Crippen molar-refractivity contribution in [1.29, 1.82) is 0 Å². The molecule has 0 saturated carbocycles. The summed E-state index contributed by atoms with van der Waals surface area (Å²) >= 11 is 6.40. The van der Waals surface area contributed by atoms with E-state index >= 15 is 0 Å². The molecule has 12 heteroatoms. The molecule has 8 aromatic rings. The minimum atomic E-state index is -1.20. The van der Waals surface area contributed by atoms with Crippen LogP contribution < -0.4 is 28.4 Å². The number of carbonyl (C=O) groups is 2. The van der Waals surface area contributed by atoms with Gasteiger partial charge in [0.05, 0.1) is 65.1 Å². The van der Waals surface area contributed by atoms with Crippen molar-refractivity contribution < 1.29 is 38.0 Å². The second-order valence-electron chi connectivity index (χ2n) is 23.3. The standard InChI is InChI=1S/C74H88O8S4/c1-5-9-13-17-21-25-45-77-57-37-29-53(30-38-57)73(54-31-39-58(40-32-54)78-46-26-22-18-14-10-6-2)65-69(67-63(81-73)49-61(51-75)83-67)85-72-66-70(86-71(65)72)68-64(50-62(52-76)84-68)82-74(66,55-33-41-59(42-34-55)79-47-27-23-19-15-11-7-3)56-35-43-60(44-36-56)80-48-28-24-20-16-12-8-4/h29-44,49-52H,5-28,45-48H2,1-4H3. The fraction of sp³-hybridized carbons (Fsp3) is 0.459. The van der Waals surface area contributed by atoms with Crippen LogP contribution >= 0.6 is 45.3 Å². The van der Waals surface area contributed by atoms with Crippen molar-refractivity contribution in [2.24, 2.45) is 0 Å². The van der Waals surface area contributed by atoms with E-state index in [1.165, 1.54) is 125 Å². The predicted octanol–water partition coefficient (Wildman–Crippen LogP) is 22.4. The molecule has 0 atom stereocenters. The first kappa shape index (κ1) is 63.1. The molecule has 0 fully saturated rings. The lowest BCUT2D eigenvalue weighted by Gasteiger charge is -2.39. The van der Waals surface area contributed by atoms with E-state index in [-0.39, 0.29) is 0 Å². The Morgan fingerprint density at radius 3 is 0.849 bits per heavy atom. The highest BCUT2D eigenvalue weighted by Gasteiger charge is 2.53. The zero-order valence-electron chi connectivity index (χ0n) is 51.2. The molecule has 8 nitrogen and oxygen atoms in total. The second-order valence-corrected chi connectivity index (χ2v) is 27.5. The average molecular weight is 1230 g/mol. The maximum atomic E-state index is 12.9. The summed E-state index contributed by atoms with van der Waals surface area (Å²) in [6.07, 6.45) is 30.4. The maximum Gasteiger partial charge on any atom is 0.187 e. The van der Waals surface area contributed by atoms with Crippen LogP contribution in [0.25, 0.3) is 28.9 Å². The van der Waals surface area contributed by atoms with Gasteiger partial charge >= 0.3 is 0 Å². The van der Waals surface area contributed by atoms with Crippen molar-refractivity contribution in [1.82, 2.24) is 0 Å². The molecular weight excluding hydrogens is 1150 g/mol. The Labute approximate surface area is 527 Å². The third-order valence-electron chi connectivity index (χ3n) is 16.9. The van der Waals surface area contributed by atoms with Gasteiger partial charge in [0.15, 0.2) is 23.8 Å². The van der Waals surface area contributed by atoms with Gasteiger partial charge in [-0.3, -0.25) is 9.59 Å². The summed E-state index contributed by atoms with van der Waals surface area (Å²) in [6.45, 7) is 11.6. The number of ether oxygens (including phenoxy) is 6. The number of aldehydes is 2. The number of hydrogen-bond acceptors (Lipinski definition) is 12. The minimum absolute atomic E-state index is 0.590. The minimum Gasteiger partial charge on any atom is -0.494 e. The second kappa shape index (κ2) is 31.3. The Balaban J connectivity index is 1.12. The zero-order chi connectivity index (χ0) is 59.6. The van der Waals surface area contributed by atoms with Crippen LogP contribution in [0.2, 0.25) is 0 Å². The summed E-state index contributed by atoms with van der Waals surface area (Å²) < 4.78 is 43.3. The number of thiophene rings is 4. The van der Waals surface area contributed by atoms with E-state index in [0.717, 1.165) is 149 Å². The van der Waals surface area contributed by atoms with Crippen LogP contribution in [0.15, 0.2) is 109 Å². The highest BCUT2D eigenvalue weighted by atomic mass is 32.1. The lowest BCUT2D eigenvalue weighted by molar-refractivity contribution is 0.111. The molecule has 0 N–H and O–H groups in total. The van der Waals surface area contributed by atoms with Crippen LogP contribution in [0.4, 0.5) is 0 Å². The highest BCUT2D eigenvalue weighted by Crippen LogP contribution is 2.66. The van der Waals surface area contributed by atoms with Crippen molar-refractivity contribution in [3.8, 4) is 54.0 Å². The van der Waals surface area contributed by atoms with Gasteiger partial charge in [-0.1, -0.05) is 205 Å². The molecule has 0 unspecified atom stereocenters. The first-order chi connectivity index (χ1) is 42.4. The van der Waals surface area contributed by atoms with Gasteiger partial charge in [0.2, 0.25) is 0 Å². The Hall–Kier alpha value is -5.92. The lowest BCUT2D eigenvalue weighted by Crippen LogP contribution is -2.38. The molecule has 2 aliphatic rings. The number of fused-ring (bicyclic) bond motifs is 9. The smallest absolute Gasteiger partial charge is 0.187 e. The number of unbranched alkanes of at least 4 members (excludes halogenated alkanes) is 20.